The average Bonchev–Trinajstić information content (AvgIpc) is 2.67. The number of pyridine rings is 2. The molecule has 0 spiro atoms. The van der Waals surface area contributed by atoms with E-state index in [2.05, 4.69) is 35.0 Å². The minimum atomic E-state index is -2.76. The van der Waals surface area contributed by atoms with E-state index in [1.165, 1.54) is 19.5 Å². The first-order valence-corrected chi connectivity index (χ1v) is 9.73. The third-order valence-electron chi connectivity index (χ3n) is 3.68. The van der Waals surface area contributed by atoms with Crippen LogP contribution in [0.4, 0.5) is 17.5 Å². The second kappa shape index (κ2) is 8.94. The van der Waals surface area contributed by atoms with E-state index < -0.39 is 10.9 Å². The van der Waals surface area contributed by atoms with E-state index in [9.17, 15) is 8.42 Å². The molecule has 0 aromatic carbocycles. The summed E-state index contributed by atoms with van der Waals surface area (Å²) >= 11 is 6.04. The number of nitrogens with two attached hydrogens (primary N) is 1. The molecule has 0 aliphatic carbocycles. The van der Waals surface area contributed by atoms with Crippen LogP contribution in [0, 0.1) is 6.92 Å². The normalized spacial score (nSPS) is 10.9. The van der Waals surface area contributed by atoms with E-state index in [1.807, 2.05) is 0 Å². The van der Waals surface area contributed by atoms with E-state index in [-0.39, 0.29) is 17.6 Å². The van der Waals surface area contributed by atoms with Gasteiger partial charge in [0.05, 0.1) is 30.8 Å². The number of anilines is 3. The van der Waals surface area contributed by atoms with Gasteiger partial charge >= 0.3 is 0 Å². The molecule has 0 saturated carbocycles. The molecule has 29 heavy (non-hydrogen) atoms. The van der Waals surface area contributed by atoms with Gasteiger partial charge < -0.3 is 15.8 Å². The van der Waals surface area contributed by atoms with Gasteiger partial charge in [-0.2, -0.15) is 9.97 Å². The standard InChI is InChI=1S/C16H17ClN8O3S/c1-8-22-15(25-16(18)23-8)12-4-11(28-2)7-20-14(12)24-10-3-9(5-21-29(26)27)13(17)19-6-10/h3-4,6-7,29H,5H2,1-2H3,(H,20,24)(H,21,26,27)(H2,18,22,23,25). The van der Waals surface area contributed by atoms with Gasteiger partial charge in [-0.05, 0) is 19.1 Å². The van der Waals surface area contributed by atoms with Crippen LogP contribution < -0.4 is 20.5 Å². The number of aromatic nitrogens is 5. The van der Waals surface area contributed by atoms with E-state index in [4.69, 9.17) is 22.1 Å². The van der Waals surface area contributed by atoms with Crippen molar-refractivity contribution in [2.45, 2.75) is 13.5 Å². The van der Waals surface area contributed by atoms with Crippen molar-refractivity contribution in [1.82, 2.24) is 29.6 Å². The highest BCUT2D eigenvalue weighted by molar-refractivity contribution is 7.70. The Bertz CT molecular complexity index is 1100. The van der Waals surface area contributed by atoms with Gasteiger partial charge in [0, 0.05) is 12.1 Å². The van der Waals surface area contributed by atoms with E-state index in [0.29, 0.717) is 40.0 Å². The maximum absolute atomic E-state index is 10.8. The van der Waals surface area contributed by atoms with Crippen LogP contribution in [0.2, 0.25) is 5.15 Å². The summed E-state index contributed by atoms with van der Waals surface area (Å²) in [6.07, 6.45) is 3.02. The fourth-order valence-corrected chi connectivity index (χ4v) is 2.89. The Morgan fingerprint density at radius 2 is 1.97 bits per heavy atom. The molecule has 3 rings (SSSR count). The van der Waals surface area contributed by atoms with E-state index in [0.717, 1.165) is 0 Å². The molecule has 3 heterocycles. The van der Waals surface area contributed by atoms with E-state index in [1.54, 1.807) is 19.1 Å². The van der Waals surface area contributed by atoms with Crippen LogP contribution >= 0.6 is 11.6 Å². The fraction of sp³-hybridized carbons (Fsp3) is 0.188. The Labute approximate surface area is 172 Å². The summed E-state index contributed by atoms with van der Waals surface area (Å²) in [4.78, 5) is 20.9. The Hall–Kier alpha value is -3.09. The van der Waals surface area contributed by atoms with Crippen LogP contribution in [0.15, 0.2) is 24.5 Å². The summed E-state index contributed by atoms with van der Waals surface area (Å²) < 4.78 is 29.1. The van der Waals surface area contributed by atoms with Crippen molar-refractivity contribution in [2.75, 3.05) is 18.2 Å². The molecule has 0 aliphatic heterocycles. The number of hydrogen-bond acceptors (Lipinski definition) is 10. The third kappa shape index (κ3) is 5.25. The van der Waals surface area contributed by atoms with Crippen molar-refractivity contribution in [1.29, 1.82) is 0 Å². The van der Waals surface area contributed by atoms with Gasteiger partial charge in [-0.25, -0.2) is 28.1 Å². The lowest BCUT2D eigenvalue weighted by atomic mass is 10.2. The number of thiol groups is 1. The second-order valence-corrected chi connectivity index (χ2v) is 6.92. The van der Waals surface area contributed by atoms with Gasteiger partial charge in [0.15, 0.2) is 5.82 Å². The quantitative estimate of drug-likeness (QED) is 0.313. The van der Waals surface area contributed by atoms with Crippen molar-refractivity contribution in [3.05, 3.63) is 41.1 Å². The first kappa shape index (κ1) is 20.6. The maximum Gasteiger partial charge on any atom is 0.223 e. The molecule has 3 aromatic heterocycles. The number of nitrogens with zero attached hydrogens (tertiary/aromatic N) is 5. The lowest BCUT2D eigenvalue weighted by Gasteiger charge is -2.13. The molecule has 152 valence electrons. The van der Waals surface area contributed by atoms with Crippen LogP contribution in [0.5, 0.6) is 5.75 Å². The van der Waals surface area contributed by atoms with Crippen molar-refractivity contribution in [2.24, 2.45) is 0 Å². The van der Waals surface area contributed by atoms with Gasteiger partial charge in [0.25, 0.3) is 0 Å². The molecule has 0 amide bonds. The Kier molecular flexibility index (Phi) is 6.36. The SMILES string of the molecule is COc1cnc(Nc2cnc(Cl)c(CN[SH](=O)=O)c2)c(-c2nc(C)nc(N)n2)c1. The molecule has 0 atom stereocenters. The molecule has 0 aliphatic rings. The number of ether oxygens (including phenoxy) is 1. The molecule has 13 heteroatoms. The molecule has 0 saturated heterocycles. The zero-order chi connectivity index (χ0) is 21.0. The summed E-state index contributed by atoms with van der Waals surface area (Å²) in [6.45, 7) is 1.71. The number of nitrogens with one attached hydrogen (secondary N) is 2. The van der Waals surface area contributed by atoms with Crippen LogP contribution in [-0.4, -0.2) is 40.4 Å². The predicted molar refractivity (Wildman–Crippen MR) is 108 cm³/mol. The lowest BCUT2D eigenvalue weighted by Crippen LogP contribution is -2.11. The number of methoxy groups -OCH3 is 1. The van der Waals surface area contributed by atoms with Crippen LogP contribution in [0.1, 0.15) is 11.4 Å². The maximum atomic E-state index is 10.8. The molecule has 4 N–H and O–H groups in total. The Morgan fingerprint density at radius 1 is 1.17 bits per heavy atom. The predicted octanol–water partition coefficient (Wildman–Crippen LogP) is 1.24. The lowest BCUT2D eigenvalue weighted by molar-refractivity contribution is 0.413. The van der Waals surface area contributed by atoms with Gasteiger partial charge in [-0.15, -0.1) is 0 Å². The average molecular weight is 437 g/mol. The molecule has 0 radical (unpaired) electrons. The summed E-state index contributed by atoms with van der Waals surface area (Å²) in [6, 6.07) is 3.36. The molecule has 0 unspecified atom stereocenters. The number of halogens is 1. The van der Waals surface area contributed by atoms with Crippen LogP contribution in [-0.2, 0) is 17.4 Å². The molecule has 11 nitrogen and oxygen atoms in total. The van der Waals surface area contributed by atoms with E-state index >= 15 is 0 Å². The second-order valence-electron chi connectivity index (χ2n) is 5.73. The van der Waals surface area contributed by atoms with Crippen molar-refractivity contribution in [3.63, 3.8) is 0 Å². The summed E-state index contributed by atoms with van der Waals surface area (Å²) in [5.74, 6) is 1.76. The smallest absolute Gasteiger partial charge is 0.223 e. The summed E-state index contributed by atoms with van der Waals surface area (Å²) in [5.41, 5.74) is 7.30. The first-order valence-electron chi connectivity index (χ1n) is 8.17. The summed E-state index contributed by atoms with van der Waals surface area (Å²) in [7, 11) is -1.24. The van der Waals surface area contributed by atoms with Gasteiger partial charge in [0.1, 0.15) is 22.5 Å². The zero-order valence-corrected chi connectivity index (χ0v) is 17.0. The van der Waals surface area contributed by atoms with Gasteiger partial charge in [0.2, 0.25) is 16.8 Å². The van der Waals surface area contributed by atoms with Crippen molar-refractivity contribution >= 4 is 39.9 Å². The van der Waals surface area contributed by atoms with Crippen LogP contribution in [0.25, 0.3) is 11.4 Å². The Morgan fingerprint density at radius 3 is 2.66 bits per heavy atom. The minimum Gasteiger partial charge on any atom is -0.495 e. The summed E-state index contributed by atoms with van der Waals surface area (Å²) in [5, 5.41) is 3.29. The monoisotopic (exact) mass is 436 g/mol. The van der Waals surface area contributed by atoms with Crippen molar-refractivity contribution < 1.29 is 13.2 Å². The highest BCUT2D eigenvalue weighted by atomic mass is 35.5. The molecule has 3 aromatic rings. The topological polar surface area (TPSA) is 158 Å². The fourth-order valence-electron chi connectivity index (χ4n) is 2.42. The number of rotatable bonds is 7. The molecule has 0 bridgehead atoms. The molecular formula is C16H17ClN8O3S. The van der Waals surface area contributed by atoms with Gasteiger partial charge in [-0.3, -0.25) is 0 Å². The highest BCUT2D eigenvalue weighted by Crippen LogP contribution is 2.30. The number of hydrogen-bond donors (Lipinski definition) is 4. The highest BCUT2D eigenvalue weighted by Gasteiger charge is 2.14. The number of nitrogen functional groups attached to an aromatic ring is 1. The Balaban J connectivity index is 2.00. The van der Waals surface area contributed by atoms with Crippen LogP contribution in [0.3, 0.4) is 0 Å². The molecular weight excluding hydrogens is 420 g/mol. The minimum absolute atomic E-state index is 0.00610. The number of aryl methyl sites for hydroxylation is 1. The van der Waals surface area contributed by atoms with Gasteiger partial charge in [-0.1, -0.05) is 11.6 Å². The largest absolute Gasteiger partial charge is 0.495 e. The third-order valence-corrected chi connectivity index (χ3v) is 4.43. The first-order chi connectivity index (χ1) is 13.9. The van der Waals surface area contributed by atoms with Crippen molar-refractivity contribution in [3.8, 4) is 17.1 Å². The zero-order valence-electron chi connectivity index (χ0n) is 15.4. The molecule has 0 fully saturated rings.